The lowest BCUT2D eigenvalue weighted by molar-refractivity contribution is -0.120. The van der Waals surface area contributed by atoms with Crippen LogP contribution in [0.25, 0.3) is 0 Å². The molecule has 2 unspecified atom stereocenters. The van der Waals surface area contributed by atoms with Crippen molar-refractivity contribution in [3.8, 4) is 0 Å². The van der Waals surface area contributed by atoms with E-state index in [0.717, 1.165) is 30.6 Å². The minimum absolute atomic E-state index is 0.0144. The third kappa shape index (κ3) is 4.56. The molecule has 5 nitrogen and oxygen atoms in total. The van der Waals surface area contributed by atoms with Gasteiger partial charge < -0.3 is 16.0 Å². The summed E-state index contributed by atoms with van der Waals surface area (Å²) in [5.74, 6) is 0.574. The molecule has 2 rings (SSSR count). The molecular weight excluding hydrogens is 266 g/mol. The van der Waals surface area contributed by atoms with Gasteiger partial charge in [0.25, 0.3) is 0 Å². The number of carbonyl (C=O) groups excluding carboxylic acids is 2. The van der Waals surface area contributed by atoms with E-state index in [9.17, 15) is 9.59 Å². The first kappa shape index (κ1) is 15.5. The molecule has 5 heteroatoms. The van der Waals surface area contributed by atoms with Gasteiger partial charge in [0.1, 0.15) is 0 Å². The molecule has 0 aromatic heterocycles. The van der Waals surface area contributed by atoms with Crippen molar-refractivity contribution in [1.29, 1.82) is 0 Å². The molecule has 114 valence electrons. The first-order valence-electron chi connectivity index (χ1n) is 7.42. The Balaban J connectivity index is 1.90. The number of benzene rings is 1. The number of carbonyl (C=O) groups is 2. The molecule has 21 heavy (non-hydrogen) atoms. The van der Waals surface area contributed by atoms with E-state index in [1.165, 1.54) is 0 Å². The number of nitrogens with one attached hydrogen (secondary N) is 3. The quantitative estimate of drug-likeness (QED) is 0.782. The summed E-state index contributed by atoms with van der Waals surface area (Å²) in [5.41, 5.74) is 1.69. The summed E-state index contributed by atoms with van der Waals surface area (Å²) in [7, 11) is 1.62. The topological polar surface area (TPSA) is 70.2 Å². The van der Waals surface area contributed by atoms with E-state index in [1.807, 2.05) is 24.3 Å². The van der Waals surface area contributed by atoms with Gasteiger partial charge >= 0.3 is 0 Å². The van der Waals surface area contributed by atoms with Crippen LogP contribution in [0.1, 0.15) is 25.3 Å². The monoisotopic (exact) mass is 289 g/mol. The Labute approximate surface area is 125 Å². The molecule has 1 aromatic rings. The second-order valence-corrected chi connectivity index (χ2v) is 5.67. The van der Waals surface area contributed by atoms with Crippen LogP contribution in [0.3, 0.4) is 0 Å². The van der Waals surface area contributed by atoms with Crippen LogP contribution in [-0.2, 0) is 16.0 Å². The molecule has 0 saturated carbocycles. The SMILES string of the molecule is CNC(=O)Cc1ccc(NC(=O)C2CC(C)CCN2)cc1. The van der Waals surface area contributed by atoms with Crippen LogP contribution in [0.4, 0.5) is 5.69 Å². The van der Waals surface area contributed by atoms with Crippen LogP contribution < -0.4 is 16.0 Å². The van der Waals surface area contributed by atoms with Gasteiger partial charge in [-0.15, -0.1) is 0 Å². The van der Waals surface area contributed by atoms with Crippen LogP contribution in [0, 0.1) is 5.92 Å². The largest absolute Gasteiger partial charge is 0.359 e. The van der Waals surface area contributed by atoms with Crippen LogP contribution in [-0.4, -0.2) is 31.4 Å². The fourth-order valence-corrected chi connectivity index (χ4v) is 2.52. The zero-order chi connectivity index (χ0) is 15.2. The molecule has 2 atom stereocenters. The predicted octanol–water partition coefficient (Wildman–Crippen LogP) is 1.30. The Morgan fingerprint density at radius 3 is 2.62 bits per heavy atom. The lowest BCUT2D eigenvalue weighted by Gasteiger charge is -2.27. The molecule has 1 aliphatic heterocycles. The lowest BCUT2D eigenvalue weighted by Crippen LogP contribution is -2.45. The molecule has 1 heterocycles. The molecule has 1 aliphatic rings. The summed E-state index contributed by atoms with van der Waals surface area (Å²) in [6.45, 7) is 3.07. The van der Waals surface area contributed by atoms with Gasteiger partial charge in [0.15, 0.2) is 0 Å². The second kappa shape index (κ2) is 7.22. The molecule has 0 aliphatic carbocycles. The number of piperidine rings is 1. The summed E-state index contributed by atoms with van der Waals surface area (Å²) in [4.78, 5) is 23.5. The first-order valence-corrected chi connectivity index (χ1v) is 7.42. The van der Waals surface area contributed by atoms with Crippen molar-refractivity contribution in [2.45, 2.75) is 32.2 Å². The molecule has 2 amide bonds. The number of amides is 2. The van der Waals surface area contributed by atoms with Crippen LogP contribution in [0.15, 0.2) is 24.3 Å². The third-order valence-electron chi connectivity index (χ3n) is 3.85. The Bertz CT molecular complexity index is 499. The van der Waals surface area contributed by atoms with Crippen molar-refractivity contribution in [1.82, 2.24) is 10.6 Å². The van der Waals surface area contributed by atoms with E-state index >= 15 is 0 Å². The zero-order valence-electron chi connectivity index (χ0n) is 12.6. The van der Waals surface area contributed by atoms with E-state index in [1.54, 1.807) is 7.05 Å². The van der Waals surface area contributed by atoms with Gasteiger partial charge in [-0.25, -0.2) is 0 Å². The van der Waals surface area contributed by atoms with Gasteiger partial charge in [0.05, 0.1) is 12.5 Å². The number of anilines is 1. The van der Waals surface area contributed by atoms with Crippen molar-refractivity contribution in [2.75, 3.05) is 18.9 Å². The van der Waals surface area contributed by atoms with Gasteiger partial charge in [0, 0.05) is 12.7 Å². The number of rotatable bonds is 4. The van der Waals surface area contributed by atoms with E-state index in [2.05, 4.69) is 22.9 Å². The van der Waals surface area contributed by atoms with Crippen molar-refractivity contribution >= 4 is 17.5 Å². The summed E-state index contributed by atoms with van der Waals surface area (Å²) in [6.07, 6.45) is 2.35. The molecular formula is C16H23N3O2. The Morgan fingerprint density at radius 2 is 2.00 bits per heavy atom. The van der Waals surface area contributed by atoms with Crippen molar-refractivity contribution in [3.63, 3.8) is 0 Å². The van der Waals surface area contributed by atoms with Crippen LogP contribution in [0.5, 0.6) is 0 Å². The highest BCUT2D eigenvalue weighted by molar-refractivity contribution is 5.95. The summed E-state index contributed by atoms with van der Waals surface area (Å²) in [6, 6.07) is 7.29. The fourth-order valence-electron chi connectivity index (χ4n) is 2.52. The Hall–Kier alpha value is -1.88. The minimum Gasteiger partial charge on any atom is -0.359 e. The highest BCUT2D eigenvalue weighted by atomic mass is 16.2. The average molecular weight is 289 g/mol. The van der Waals surface area contributed by atoms with Gasteiger partial charge in [0.2, 0.25) is 11.8 Å². The van der Waals surface area contributed by atoms with Gasteiger partial charge in [-0.2, -0.15) is 0 Å². The summed E-state index contributed by atoms with van der Waals surface area (Å²) < 4.78 is 0. The van der Waals surface area contributed by atoms with Crippen molar-refractivity contribution in [3.05, 3.63) is 29.8 Å². The summed E-state index contributed by atoms with van der Waals surface area (Å²) in [5, 5.41) is 8.76. The van der Waals surface area contributed by atoms with Gasteiger partial charge in [-0.1, -0.05) is 19.1 Å². The molecule has 0 bridgehead atoms. The molecule has 0 spiro atoms. The Kier molecular flexibility index (Phi) is 5.33. The van der Waals surface area contributed by atoms with Crippen LogP contribution >= 0.6 is 0 Å². The highest BCUT2D eigenvalue weighted by Crippen LogP contribution is 2.17. The molecule has 1 aromatic carbocycles. The summed E-state index contributed by atoms with van der Waals surface area (Å²) >= 11 is 0. The van der Waals surface area contributed by atoms with Gasteiger partial charge in [-0.05, 0) is 43.0 Å². The van der Waals surface area contributed by atoms with Crippen LogP contribution in [0.2, 0.25) is 0 Å². The molecule has 1 fully saturated rings. The standard InChI is InChI=1S/C16H23N3O2/c1-11-7-8-18-14(9-11)16(21)19-13-5-3-12(4-6-13)10-15(20)17-2/h3-6,11,14,18H,7-10H2,1-2H3,(H,17,20)(H,19,21). The second-order valence-electron chi connectivity index (χ2n) is 5.67. The smallest absolute Gasteiger partial charge is 0.241 e. The van der Waals surface area contributed by atoms with E-state index in [0.29, 0.717) is 12.3 Å². The molecule has 1 saturated heterocycles. The maximum atomic E-state index is 12.2. The maximum absolute atomic E-state index is 12.2. The fraction of sp³-hybridized carbons (Fsp3) is 0.500. The van der Waals surface area contributed by atoms with E-state index in [-0.39, 0.29) is 17.9 Å². The number of hydrogen-bond acceptors (Lipinski definition) is 3. The van der Waals surface area contributed by atoms with E-state index in [4.69, 9.17) is 0 Å². The highest BCUT2D eigenvalue weighted by Gasteiger charge is 2.24. The Morgan fingerprint density at radius 1 is 1.29 bits per heavy atom. The average Bonchev–Trinajstić information content (AvgIpc) is 2.49. The first-order chi connectivity index (χ1) is 10.1. The van der Waals surface area contributed by atoms with Crippen molar-refractivity contribution < 1.29 is 9.59 Å². The third-order valence-corrected chi connectivity index (χ3v) is 3.85. The van der Waals surface area contributed by atoms with Gasteiger partial charge in [-0.3, -0.25) is 9.59 Å². The number of hydrogen-bond donors (Lipinski definition) is 3. The molecule has 3 N–H and O–H groups in total. The number of likely N-dealkylation sites (N-methyl/N-ethyl adjacent to an activating group) is 1. The van der Waals surface area contributed by atoms with Crippen molar-refractivity contribution in [2.24, 2.45) is 5.92 Å². The van der Waals surface area contributed by atoms with E-state index < -0.39 is 0 Å². The zero-order valence-corrected chi connectivity index (χ0v) is 12.6. The minimum atomic E-state index is -0.112. The lowest BCUT2D eigenvalue weighted by atomic mass is 9.94. The predicted molar refractivity (Wildman–Crippen MR) is 83.0 cm³/mol. The maximum Gasteiger partial charge on any atom is 0.241 e. The molecule has 0 radical (unpaired) electrons. The normalized spacial score (nSPS) is 21.6.